The van der Waals surface area contributed by atoms with Crippen LogP contribution in [0, 0.1) is 0 Å². The smallest absolute Gasteiger partial charge is 0.227 e. The highest BCUT2D eigenvalue weighted by molar-refractivity contribution is 5.41. The van der Waals surface area contributed by atoms with Crippen LogP contribution in [0.1, 0.15) is 31.4 Å². The standard InChI is InChI=1S/C14H20N6/c1-2-15-13-6-7-16-14(18-13)20-9-3-4-11(10-20)12-5-8-17-19-12/h5-8,11H,2-4,9-10H2,1H3,(H,17,19)(H,15,16,18)/t11-/m1/s1. The third kappa shape index (κ3) is 2.74. The molecule has 2 N–H and O–H groups in total. The molecule has 106 valence electrons. The van der Waals surface area contributed by atoms with Crippen molar-refractivity contribution in [2.45, 2.75) is 25.7 Å². The lowest BCUT2D eigenvalue weighted by molar-refractivity contribution is 0.495. The van der Waals surface area contributed by atoms with Crippen LogP contribution in [0.2, 0.25) is 0 Å². The molecule has 1 aliphatic rings. The number of hydrogen-bond acceptors (Lipinski definition) is 5. The fourth-order valence-electron chi connectivity index (χ4n) is 2.69. The topological polar surface area (TPSA) is 69.7 Å². The Labute approximate surface area is 118 Å². The van der Waals surface area contributed by atoms with Gasteiger partial charge in [0.15, 0.2) is 0 Å². The second kappa shape index (κ2) is 5.90. The van der Waals surface area contributed by atoms with Crippen LogP contribution in [0.25, 0.3) is 0 Å². The van der Waals surface area contributed by atoms with Crippen LogP contribution in [0.3, 0.4) is 0 Å². The highest BCUT2D eigenvalue weighted by Crippen LogP contribution is 2.27. The SMILES string of the molecule is CCNc1ccnc(N2CCC[C@@H](c3ccn[nH]3)C2)n1. The van der Waals surface area contributed by atoms with Crippen LogP contribution >= 0.6 is 0 Å². The van der Waals surface area contributed by atoms with Crippen molar-refractivity contribution in [3.63, 3.8) is 0 Å². The first-order valence-corrected chi connectivity index (χ1v) is 7.18. The molecule has 20 heavy (non-hydrogen) atoms. The maximum absolute atomic E-state index is 4.58. The number of nitrogens with zero attached hydrogens (tertiary/aromatic N) is 4. The molecule has 1 atom stereocenters. The van der Waals surface area contributed by atoms with Crippen LogP contribution in [-0.2, 0) is 0 Å². The summed E-state index contributed by atoms with van der Waals surface area (Å²) in [6.45, 7) is 4.89. The molecule has 0 spiro atoms. The third-order valence-corrected chi connectivity index (χ3v) is 3.67. The average Bonchev–Trinajstić information content (AvgIpc) is 3.02. The minimum Gasteiger partial charge on any atom is -0.370 e. The molecule has 6 heteroatoms. The van der Waals surface area contributed by atoms with Gasteiger partial charge < -0.3 is 10.2 Å². The molecule has 3 heterocycles. The van der Waals surface area contributed by atoms with E-state index in [1.165, 1.54) is 12.1 Å². The second-order valence-electron chi connectivity index (χ2n) is 5.07. The zero-order valence-corrected chi connectivity index (χ0v) is 11.7. The summed E-state index contributed by atoms with van der Waals surface area (Å²) in [5.74, 6) is 2.19. The number of aromatic amines is 1. The Bertz CT molecular complexity index is 538. The molecule has 1 fully saturated rings. The van der Waals surface area contributed by atoms with E-state index in [0.29, 0.717) is 5.92 Å². The van der Waals surface area contributed by atoms with Gasteiger partial charge in [0.1, 0.15) is 5.82 Å². The van der Waals surface area contributed by atoms with E-state index in [1.54, 1.807) is 0 Å². The highest BCUT2D eigenvalue weighted by atomic mass is 15.3. The number of anilines is 2. The molecule has 0 amide bonds. The van der Waals surface area contributed by atoms with Crippen molar-refractivity contribution in [1.29, 1.82) is 0 Å². The van der Waals surface area contributed by atoms with Gasteiger partial charge in [-0.15, -0.1) is 0 Å². The molecule has 3 rings (SSSR count). The van der Waals surface area contributed by atoms with Crippen molar-refractivity contribution in [3.05, 3.63) is 30.2 Å². The van der Waals surface area contributed by atoms with E-state index >= 15 is 0 Å². The number of hydrogen-bond donors (Lipinski definition) is 2. The van der Waals surface area contributed by atoms with Gasteiger partial charge in [0, 0.05) is 43.6 Å². The average molecular weight is 272 g/mol. The molecule has 1 saturated heterocycles. The van der Waals surface area contributed by atoms with Crippen molar-refractivity contribution in [1.82, 2.24) is 20.2 Å². The normalized spacial score (nSPS) is 19.1. The largest absolute Gasteiger partial charge is 0.370 e. The lowest BCUT2D eigenvalue weighted by atomic mass is 9.95. The zero-order valence-electron chi connectivity index (χ0n) is 11.7. The van der Waals surface area contributed by atoms with E-state index in [2.05, 4.69) is 43.4 Å². The van der Waals surface area contributed by atoms with Crippen molar-refractivity contribution in [3.8, 4) is 0 Å². The summed E-state index contributed by atoms with van der Waals surface area (Å²) in [7, 11) is 0. The fourth-order valence-corrected chi connectivity index (χ4v) is 2.69. The Morgan fingerprint density at radius 1 is 1.40 bits per heavy atom. The van der Waals surface area contributed by atoms with Crippen molar-refractivity contribution >= 4 is 11.8 Å². The summed E-state index contributed by atoms with van der Waals surface area (Å²) >= 11 is 0. The van der Waals surface area contributed by atoms with Gasteiger partial charge in [-0.2, -0.15) is 10.1 Å². The van der Waals surface area contributed by atoms with Crippen LogP contribution in [0.5, 0.6) is 0 Å². The van der Waals surface area contributed by atoms with Crippen molar-refractivity contribution in [2.75, 3.05) is 29.9 Å². The van der Waals surface area contributed by atoms with Gasteiger partial charge >= 0.3 is 0 Å². The highest BCUT2D eigenvalue weighted by Gasteiger charge is 2.23. The quantitative estimate of drug-likeness (QED) is 0.891. The fraction of sp³-hybridized carbons (Fsp3) is 0.500. The van der Waals surface area contributed by atoms with Crippen LogP contribution in [0.4, 0.5) is 11.8 Å². The Kier molecular flexibility index (Phi) is 3.80. The molecule has 0 aromatic carbocycles. The van der Waals surface area contributed by atoms with Crippen molar-refractivity contribution in [2.24, 2.45) is 0 Å². The Hall–Kier alpha value is -2.11. The number of aromatic nitrogens is 4. The minimum absolute atomic E-state index is 0.484. The van der Waals surface area contributed by atoms with E-state index in [0.717, 1.165) is 37.8 Å². The molecule has 2 aromatic rings. The maximum atomic E-state index is 4.58. The Morgan fingerprint density at radius 3 is 3.15 bits per heavy atom. The van der Waals surface area contributed by atoms with Gasteiger partial charge in [0.2, 0.25) is 5.95 Å². The van der Waals surface area contributed by atoms with Gasteiger partial charge in [-0.3, -0.25) is 5.10 Å². The number of rotatable bonds is 4. The Balaban J connectivity index is 1.74. The second-order valence-corrected chi connectivity index (χ2v) is 5.07. The number of nitrogens with one attached hydrogen (secondary N) is 2. The van der Waals surface area contributed by atoms with Crippen LogP contribution in [-0.4, -0.2) is 39.8 Å². The van der Waals surface area contributed by atoms with E-state index in [-0.39, 0.29) is 0 Å². The first-order chi connectivity index (χ1) is 9.86. The first-order valence-electron chi connectivity index (χ1n) is 7.18. The van der Waals surface area contributed by atoms with Gasteiger partial charge in [0.25, 0.3) is 0 Å². The first kappa shape index (κ1) is 12.9. The molecule has 0 saturated carbocycles. The van der Waals surface area contributed by atoms with E-state index in [9.17, 15) is 0 Å². The van der Waals surface area contributed by atoms with Gasteiger partial charge in [-0.05, 0) is 31.9 Å². The van der Waals surface area contributed by atoms with Gasteiger partial charge in [0.05, 0.1) is 0 Å². The van der Waals surface area contributed by atoms with Crippen LogP contribution < -0.4 is 10.2 Å². The van der Waals surface area contributed by atoms with E-state index < -0.39 is 0 Å². The molecule has 0 aliphatic carbocycles. The molecule has 6 nitrogen and oxygen atoms in total. The summed E-state index contributed by atoms with van der Waals surface area (Å²) in [5, 5.41) is 10.4. The predicted octanol–water partition coefficient (Wildman–Crippen LogP) is 2.02. The van der Waals surface area contributed by atoms with Crippen LogP contribution in [0.15, 0.2) is 24.5 Å². The van der Waals surface area contributed by atoms with Gasteiger partial charge in [-0.1, -0.05) is 0 Å². The third-order valence-electron chi connectivity index (χ3n) is 3.67. The number of piperidine rings is 1. The molecule has 1 aliphatic heterocycles. The molecular formula is C14H20N6. The van der Waals surface area contributed by atoms with E-state index in [4.69, 9.17) is 0 Å². The summed E-state index contributed by atoms with van der Waals surface area (Å²) in [5.41, 5.74) is 1.21. The monoisotopic (exact) mass is 272 g/mol. The maximum Gasteiger partial charge on any atom is 0.227 e. The predicted molar refractivity (Wildman–Crippen MR) is 79.0 cm³/mol. The summed E-state index contributed by atoms with van der Waals surface area (Å²) in [6, 6.07) is 3.97. The molecule has 2 aromatic heterocycles. The summed E-state index contributed by atoms with van der Waals surface area (Å²) in [6.07, 6.45) is 5.97. The molecule has 0 radical (unpaired) electrons. The summed E-state index contributed by atoms with van der Waals surface area (Å²) < 4.78 is 0. The van der Waals surface area contributed by atoms with Crippen molar-refractivity contribution < 1.29 is 0 Å². The van der Waals surface area contributed by atoms with Gasteiger partial charge in [-0.25, -0.2) is 4.98 Å². The lowest BCUT2D eigenvalue weighted by Crippen LogP contribution is -2.35. The van der Waals surface area contributed by atoms with E-state index in [1.807, 2.05) is 18.5 Å². The molecule has 0 bridgehead atoms. The zero-order chi connectivity index (χ0) is 13.8. The molecule has 0 unspecified atom stereocenters. The Morgan fingerprint density at radius 2 is 2.35 bits per heavy atom. The number of H-pyrrole nitrogens is 1. The summed E-state index contributed by atoms with van der Waals surface area (Å²) in [4.78, 5) is 11.2. The minimum atomic E-state index is 0.484. The molecular weight excluding hydrogens is 252 g/mol. The lowest BCUT2D eigenvalue weighted by Gasteiger charge is -2.32.